The largest absolute Gasteiger partial charge is 0.313 e. The molecular formula is C9H16N4O2S. The van der Waals surface area contributed by atoms with Gasteiger partial charge in [0.2, 0.25) is 10.0 Å². The number of primary sulfonamides is 1. The molecule has 0 aliphatic carbocycles. The van der Waals surface area contributed by atoms with E-state index in [0.29, 0.717) is 19.5 Å². The Balaban J connectivity index is 2.18. The second-order valence-electron chi connectivity index (χ2n) is 3.41. The molecule has 7 heteroatoms. The average molecular weight is 244 g/mol. The lowest BCUT2D eigenvalue weighted by atomic mass is 10.3. The summed E-state index contributed by atoms with van der Waals surface area (Å²) in [7, 11) is -3.34. The van der Waals surface area contributed by atoms with Crippen molar-refractivity contribution in [1.82, 2.24) is 15.1 Å². The van der Waals surface area contributed by atoms with Gasteiger partial charge < -0.3 is 5.32 Å². The van der Waals surface area contributed by atoms with Gasteiger partial charge in [-0.3, -0.25) is 0 Å². The van der Waals surface area contributed by atoms with Crippen LogP contribution in [0.2, 0.25) is 0 Å². The maximum atomic E-state index is 10.6. The first kappa shape index (κ1) is 12.9. The summed E-state index contributed by atoms with van der Waals surface area (Å²) in [5, 5.41) is 12.0. The maximum absolute atomic E-state index is 10.6. The smallest absolute Gasteiger partial charge is 0.209 e. The molecule has 0 atom stereocenters. The summed E-state index contributed by atoms with van der Waals surface area (Å²) < 4.78 is 22.9. The predicted molar refractivity (Wildman–Crippen MR) is 62.9 cm³/mol. The topological polar surface area (TPSA) is 90.0 Å². The van der Waals surface area contributed by atoms with Gasteiger partial charge in [-0.25, -0.2) is 18.2 Å². The van der Waals surface area contributed by atoms with E-state index in [1.807, 2.05) is 6.20 Å². The van der Waals surface area contributed by atoms with E-state index in [1.54, 1.807) is 17.1 Å². The molecule has 6 nitrogen and oxygen atoms in total. The zero-order valence-electron chi connectivity index (χ0n) is 8.96. The van der Waals surface area contributed by atoms with Crippen LogP contribution in [-0.4, -0.2) is 30.5 Å². The molecule has 0 aromatic carbocycles. The van der Waals surface area contributed by atoms with Crippen molar-refractivity contribution in [1.29, 1.82) is 0 Å². The van der Waals surface area contributed by atoms with Crippen molar-refractivity contribution in [2.75, 3.05) is 12.3 Å². The Labute approximate surface area is 95.2 Å². The lowest BCUT2D eigenvalue weighted by Gasteiger charge is -2.01. The number of sulfonamides is 1. The Morgan fingerprint density at radius 3 is 2.94 bits per heavy atom. The first-order valence-electron chi connectivity index (χ1n) is 4.88. The van der Waals surface area contributed by atoms with Crippen molar-refractivity contribution >= 4 is 16.2 Å². The Morgan fingerprint density at radius 1 is 1.62 bits per heavy atom. The zero-order chi connectivity index (χ0) is 12.0. The van der Waals surface area contributed by atoms with E-state index in [2.05, 4.69) is 17.0 Å². The van der Waals surface area contributed by atoms with Crippen LogP contribution in [0.25, 0.3) is 6.20 Å². The number of nitrogens with one attached hydrogen (secondary N) is 1. The van der Waals surface area contributed by atoms with Gasteiger partial charge in [0.15, 0.2) is 0 Å². The number of hydrogen-bond donors (Lipinski definition) is 2. The standard InChI is InChI=1S/C9H16N4O2S/c1-2-13-8-9(7-12-13)6-11-4-3-5-16(10,14)15/h2,7-8,11H,1,3-6H2,(H2,10,14,15). The summed E-state index contributed by atoms with van der Waals surface area (Å²) >= 11 is 0. The molecule has 0 fully saturated rings. The summed E-state index contributed by atoms with van der Waals surface area (Å²) in [6, 6.07) is 0. The maximum Gasteiger partial charge on any atom is 0.209 e. The average Bonchev–Trinajstić information content (AvgIpc) is 2.63. The summed E-state index contributed by atoms with van der Waals surface area (Å²) in [6.07, 6.45) is 5.69. The molecule has 0 radical (unpaired) electrons. The summed E-state index contributed by atoms with van der Waals surface area (Å²) in [4.78, 5) is 0. The number of hydrogen-bond acceptors (Lipinski definition) is 4. The van der Waals surface area contributed by atoms with Crippen LogP contribution in [0.15, 0.2) is 19.0 Å². The molecule has 0 aliphatic heterocycles. The Hall–Kier alpha value is -1.18. The molecule has 90 valence electrons. The van der Waals surface area contributed by atoms with E-state index in [9.17, 15) is 8.42 Å². The second-order valence-corrected chi connectivity index (χ2v) is 5.14. The van der Waals surface area contributed by atoms with E-state index < -0.39 is 10.0 Å². The molecule has 1 aromatic rings. The van der Waals surface area contributed by atoms with Crippen molar-refractivity contribution < 1.29 is 8.42 Å². The third kappa shape index (κ3) is 5.06. The van der Waals surface area contributed by atoms with Crippen LogP contribution in [0, 0.1) is 0 Å². The van der Waals surface area contributed by atoms with Crippen molar-refractivity contribution in [2.24, 2.45) is 5.14 Å². The fraction of sp³-hybridized carbons (Fsp3) is 0.444. The van der Waals surface area contributed by atoms with Crippen LogP contribution in [0.5, 0.6) is 0 Å². The predicted octanol–water partition coefficient (Wildman–Crippen LogP) is -0.248. The third-order valence-corrected chi connectivity index (χ3v) is 2.81. The fourth-order valence-corrected chi connectivity index (χ4v) is 1.75. The second kappa shape index (κ2) is 5.78. The molecule has 0 saturated heterocycles. The number of nitrogens with two attached hydrogens (primary N) is 1. The highest BCUT2D eigenvalue weighted by atomic mass is 32.2. The SMILES string of the molecule is C=Cn1cc(CNCCCS(N)(=O)=O)cn1. The molecule has 0 amide bonds. The third-order valence-electron chi connectivity index (χ3n) is 1.95. The molecular weight excluding hydrogens is 228 g/mol. The Bertz CT molecular complexity index is 438. The lowest BCUT2D eigenvalue weighted by Crippen LogP contribution is -2.21. The molecule has 1 rings (SSSR count). The van der Waals surface area contributed by atoms with Crippen molar-refractivity contribution in [3.8, 4) is 0 Å². The van der Waals surface area contributed by atoms with E-state index in [1.165, 1.54) is 0 Å². The van der Waals surface area contributed by atoms with Gasteiger partial charge in [-0.05, 0) is 13.0 Å². The van der Waals surface area contributed by atoms with Crippen LogP contribution < -0.4 is 10.5 Å². The van der Waals surface area contributed by atoms with Crippen LogP contribution in [0.1, 0.15) is 12.0 Å². The van der Waals surface area contributed by atoms with Crippen LogP contribution in [0.4, 0.5) is 0 Å². The first-order valence-corrected chi connectivity index (χ1v) is 6.59. The summed E-state index contributed by atoms with van der Waals surface area (Å²) in [5.41, 5.74) is 1.02. The molecule has 16 heavy (non-hydrogen) atoms. The van der Waals surface area contributed by atoms with Gasteiger partial charge in [-0.2, -0.15) is 5.10 Å². The van der Waals surface area contributed by atoms with E-state index in [4.69, 9.17) is 5.14 Å². The number of rotatable bonds is 7. The van der Waals surface area contributed by atoms with Gasteiger partial charge in [0.1, 0.15) is 0 Å². The van der Waals surface area contributed by atoms with E-state index in [0.717, 1.165) is 5.56 Å². The number of nitrogens with zero attached hydrogens (tertiary/aromatic N) is 2. The fourth-order valence-electron chi connectivity index (χ4n) is 1.20. The summed E-state index contributed by atoms with van der Waals surface area (Å²) in [5.74, 6) is 0.00587. The van der Waals surface area contributed by atoms with Crippen molar-refractivity contribution in [2.45, 2.75) is 13.0 Å². The van der Waals surface area contributed by atoms with Crippen LogP contribution in [-0.2, 0) is 16.6 Å². The highest BCUT2D eigenvalue weighted by Gasteiger charge is 2.01. The zero-order valence-corrected chi connectivity index (χ0v) is 9.78. The molecule has 0 saturated carbocycles. The molecule has 0 aliphatic rings. The first-order chi connectivity index (χ1) is 7.51. The molecule has 0 spiro atoms. The van der Waals surface area contributed by atoms with Gasteiger partial charge >= 0.3 is 0 Å². The van der Waals surface area contributed by atoms with Gasteiger partial charge in [-0.15, -0.1) is 0 Å². The molecule has 1 heterocycles. The van der Waals surface area contributed by atoms with Gasteiger partial charge in [0.05, 0.1) is 11.9 Å². The summed E-state index contributed by atoms with van der Waals surface area (Å²) in [6.45, 7) is 4.84. The highest BCUT2D eigenvalue weighted by Crippen LogP contribution is 1.97. The quantitative estimate of drug-likeness (QED) is 0.647. The van der Waals surface area contributed by atoms with E-state index in [-0.39, 0.29) is 5.75 Å². The van der Waals surface area contributed by atoms with Crippen molar-refractivity contribution in [3.05, 3.63) is 24.5 Å². The molecule has 3 N–H and O–H groups in total. The number of aromatic nitrogens is 2. The van der Waals surface area contributed by atoms with Gasteiger partial charge in [-0.1, -0.05) is 6.58 Å². The van der Waals surface area contributed by atoms with Crippen LogP contribution in [0.3, 0.4) is 0 Å². The van der Waals surface area contributed by atoms with Gasteiger partial charge in [0.25, 0.3) is 0 Å². The molecule has 1 aromatic heterocycles. The van der Waals surface area contributed by atoms with Gasteiger partial charge in [0, 0.05) is 24.5 Å². The Kier molecular flexibility index (Phi) is 4.66. The minimum Gasteiger partial charge on any atom is -0.313 e. The lowest BCUT2D eigenvalue weighted by molar-refractivity contribution is 0.590. The van der Waals surface area contributed by atoms with Crippen molar-refractivity contribution in [3.63, 3.8) is 0 Å². The monoisotopic (exact) mass is 244 g/mol. The Morgan fingerprint density at radius 2 is 2.38 bits per heavy atom. The minimum absolute atomic E-state index is 0.00587. The van der Waals surface area contributed by atoms with E-state index >= 15 is 0 Å². The van der Waals surface area contributed by atoms with Crippen LogP contribution >= 0.6 is 0 Å². The molecule has 0 bridgehead atoms. The molecule has 0 unspecified atom stereocenters. The highest BCUT2D eigenvalue weighted by molar-refractivity contribution is 7.89. The normalized spacial score (nSPS) is 11.6. The minimum atomic E-state index is -3.34.